The maximum absolute atomic E-state index is 9.91. The van der Waals surface area contributed by atoms with Crippen LogP contribution >= 0.6 is 0 Å². The average molecular weight is 270 g/mol. The fourth-order valence-electron chi connectivity index (χ4n) is 1.16. The van der Waals surface area contributed by atoms with Crippen LogP contribution in [0.15, 0.2) is 0 Å². The third-order valence-corrected chi connectivity index (χ3v) is 7.26. The lowest BCUT2D eigenvalue weighted by Crippen LogP contribution is -2.54. The van der Waals surface area contributed by atoms with Gasteiger partial charge in [0.15, 0.2) is 0 Å². The summed E-state index contributed by atoms with van der Waals surface area (Å²) in [6.07, 6.45) is 0.947. The zero-order valence-corrected chi connectivity index (χ0v) is 11.6. The van der Waals surface area contributed by atoms with Gasteiger partial charge in [-0.25, -0.2) is 0 Å². The normalized spacial score (nSPS) is 16.1. The van der Waals surface area contributed by atoms with Crippen LogP contribution in [-0.4, -0.2) is 52.2 Å². The molecule has 1 unspecified atom stereocenters. The molecule has 0 aromatic carbocycles. The van der Waals surface area contributed by atoms with E-state index in [2.05, 4.69) is 0 Å². The molecule has 0 aliphatic heterocycles. The van der Waals surface area contributed by atoms with Crippen molar-refractivity contribution < 1.29 is 22.9 Å². The van der Waals surface area contributed by atoms with E-state index in [1.165, 1.54) is 7.11 Å². The molecule has 0 rings (SSSR count). The number of hydrogen-bond acceptors (Lipinski definition) is 7. The van der Waals surface area contributed by atoms with Crippen molar-refractivity contribution >= 4 is 17.6 Å². The SMILES string of the molecule is CO[Si](O)(CCCN)O[Si](O)(O)CCCN. The minimum atomic E-state index is -3.86. The Morgan fingerprint density at radius 3 is 1.94 bits per heavy atom. The van der Waals surface area contributed by atoms with Gasteiger partial charge in [-0.1, -0.05) is 0 Å². The van der Waals surface area contributed by atoms with E-state index in [1.54, 1.807) is 0 Å². The average Bonchev–Trinajstić information content (AvgIpc) is 2.23. The van der Waals surface area contributed by atoms with E-state index in [0.29, 0.717) is 25.9 Å². The Morgan fingerprint density at radius 1 is 1.00 bits per heavy atom. The van der Waals surface area contributed by atoms with E-state index in [9.17, 15) is 14.4 Å². The molecule has 0 aliphatic rings. The van der Waals surface area contributed by atoms with E-state index in [1.807, 2.05) is 0 Å². The van der Waals surface area contributed by atoms with Gasteiger partial charge in [-0.2, -0.15) is 0 Å². The second kappa shape index (κ2) is 7.47. The summed E-state index contributed by atoms with van der Waals surface area (Å²) >= 11 is 0. The highest BCUT2D eigenvalue weighted by Crippen LogP contribution is 2.18. The number of hydrogen-bond donors (Lipinski definition) is 5. The van der Waals surface area contributed by atoms with Crippen molar-refractivity contribution in [2.24, 2.45) is 11.5 Å². The molecular formula is C7H22N2O5Si2. The van der Waals surface area contributed by atoms with Gasteiger partial charge < -0.3 is 34.4 Å². The molecule has 0 spiro atoms. The lowest BCUT2D eigenvalue weighted by atomic mass is 10.5. The first-order valence-corrected chi connectivity index (χ1v) is 9.20. The molecule has 0 bridgehead atoms. The smallest absolute Gasteiger partial charge is 0.390 e. The molecule has 0 radical (unpaired) electrons. The Bertz CT molecular complexity index is 198. The number of rotatable bonds is 9. The molecule has 16 heavy (non-hydrogen) atoms. The van der Waals surface area contributed by atoms with Gasteiger partial charge in [-0.15, -0.1) is 0 Å². The van der Waals surface area contributed by atoms with Gasteiger partial charge >= 0.3 is 17.6 Å². The molecule has 0 aromatic rings. The summed E-state index contributed by atoms with van der Waals surface area (Å²) in [5.41, 5.74) is 10.6. The van der Waals surface area contributed by atoms with Crippen LogP contribution in [0.25, 0.3) is 0 Å². The van der Waals surface area contributed by atoms with Gasteiger partial charge in [-0.3, -0.25) is 0 Å². The van der Waals surface area contributed by atoms with Gasteiger partial charge in [0, 0.05) is 19.2 Å². The van der Waals surface area contributed by atoms with Crippen molar-refractivity contribution in [3.8, 4) is 0 Å². The molecule has 7 N–H and O–H groups in total. The minimum absolute atomic E-state index is 0.0603. The van der Waals surface area contributed by atoms with Crippen LogP contribution in [0, 0.1) is 0 Å². The predicted molar refractivity (Wildman–Crippen MR) is 63.2 cm³/mol. The van der Waals surface area contributed by atoms with Crippen molar-refractivity contribution in [3.05, 3.63) is 0 Å². The quantitative estimate of drug-likeness (QED) is 0.312. The van der Waals surface area contributed by atoms with Gasteiger partial charge in [0.2, 0.25) is 0 Å². The highest BCUT2D eigenvalue weighted by molar-refractivity contribution is 6.72. The summed E-state index contributed by atoms with van der Waals surface area (Å²) in [7, 11) is -6.07. The van der Waals surface area contributed by atoms with Gasteiger partial charge in [0.05, 0.1) is 0 Å². The first-order chi connectivity index (χ1) is 7.39. The standard InChI is InChI=1S/C7H22N2O5Si2/c1-13-16(12,7-3-5-9)14-15(10,11)6-2-4-8/h10-12H,2-9H2,1H3. The summed E-state index contributed by atoms with van der Waals surface area (Å²) in [5.74, 6) is 0. The molecule has 98 valence electrons. The molecule has 0 aliphatic carbocycles. The second-order valence-corrected chi connectivity index (χ2v) is 8.68. The maximum atomic E-state index is 9.91. The minimum Gasteiger partial charge on any atom is -0.390 e. The topological polar surface area (TPSA) is 131 Å². The Kier molecular flexibility index (Phi) is 7.55. The molecule has 0 saturated carbocycles. The van der Waals surface area contributed by atoms with Crippen molar-refractivity contribution in [1.29, 1.82) is 0 Å². The van der Waals surface area contributed by atoms with Crippen LogP contribution in [-0.2, 0) is 8.54 Å². The zero-order chi connectivity index (χ0) is 12.7. The fraction of sp³-hybridized carbons (Fsp3) is 1.00. The molecule has 0 aromatic heterocycles. The molecular weight excluding hydrogens is 248 g/mol. The van der Waals surface area contributed by atoms with Gasteiger partial charge in [0.1, 0.15) is 0 Å². The summed E-state index contributed by atoms with van der Waals surface area (Å²) in [6.45, 7) is 0.727. The Balaban J connectivity index is 4.26. The van der Waals surface area contributed by atoms with Crippen molar-refractivity contribution in [3.63, 3.8) is 0 Å². The molecule has 0 saturated heterocycles. The van der Waals surface area contributed by atoms with Crippen LogP contribution in [0.4, 0.5) is 0 Å². The van der Waals surface area contributed by atoms with Crippen molar-refractivity contribution in [1.82, 2.24) is 0 Å². The van der Waals surface area contributed by atoms with E-state index in [0.717, 1.165) is 0 Å². The molecule has 0 heterocycles. The zero-order valence-electron chi connectivity index (χ0n) is 9.56. The summed E-state index contributed by atoms with van der Waals surface area (Å²) in [5, 5.41) is 0. The van der Waals surface area contributed by atoms with E-state index >= 15 is 0 Å². The molecule has 7 nitrogen and oxygen atoms in total. The summed E-state index contributed by atoms with van der Waals surface area (Å²) in [6, 6.07) is 0.281. The third-order valence-electron chi connectivity index (χ3n) is 2.05. The first-order valence-electron chi connectivity index (χ1n) is 5.22. The van der Waals surface area contributed by atoms with Crippen LogP contribution in [0.3, 0.4) is 0 Å². The molecule has 9 heteroatoms. The molecule has 0 amide bonds. The highest BCUT2D eigenvalue weighted by Gasteiger charge is 2.46. The monoisotopic (exact) mass is 270 g/mol. The van der Waals surface area contributed by atoms with Gasteiger partial charge in [-0.05, 0) is 25.9 Å². The lowest BCUT2D eigenvalue weighted by molar-refractivity contribution is 0.132. The Labute approximate surface area is 97.7 Å². The third kappa shape index (κ3) is 6.68. The summed E-state index contributed by atoms with van der Waals surface area (Å²) < 4.78 is 9.85. The highest BCUT2D eigenvalue weighted by atomic mass is 28.5. The molecule has 0 fully saturated rings. The first kappa shape index (κ1) is 16.2. The van der Waals surface area contributed by atoms with Crippen LogP contribution < -0.4 is 11.5 Å². The fourth-order valence-corrected chi connectivity index (χ4v) is 5.87. The van der Waals surface area contributed by atoms with Crippen LogP contribution in [0.2, 0.25) is 12.1 Å². The van der Waals surface area contributed by atoms with Gasteiger partial charge in [0.25, 0.3) is 0 Å². The van der Waals surface area contributed by atoms with Crippen LogP contribution in [0.1, 0.15) is 12.8 Å². The van der Waals surface area contributed by atoms with Crippen LogP contribution in [0.5, 0.6) is 0 Å². The largest absolute Gasteiger partial charge is 0.490 e. The second-order valence-electron chi connectivity index (χ2n) is 3.55. The predicted octanol–water partition coefficient (Wildman–Crippen LogP) is -1.80. The number of nitrogens with two attached hydrogens (primary N) is 2. The maximum Gasteiger partial charge on any atom is 0.490 e. The Hall–Kier alpha value is 0.154. The molecule has 1 atom stereocenters. The van der Waals surface area contributed by atoms with E-state index < -0.39 is 17.6 Å². The van der Waals surface area contributed by atoms with Crippen molar-refractivity contribution in [2.75, 3.05) is 20.2 Å². The van der Waals surface area contributed by atoms with E-state index in [-0.39, 0.29) is 12.1 Å². The lowest BCUT2D eigenvalue weighted by Gasteiger charge is -2.28. The van der Waals surface area contributed by atoms with E-state index in [4.69, 9.17) is 20.0 Å². The summed E-state index contributed by atoms with van der Waals surface area (Å²) in [4.78, 5) is 29.1. The van der Waals surface area contributed by atoms with Crippen molar-refractivity contribution in [2.45, 2.75) is 24.9 Å². The Morgan fingerprint density at radius 2 is 1.50 bits per heavy atom.